The lowest BCUT2D eigenvalue weighted by molar-refractivity contribution is -0.130. The van der Waals surface area contributed by atoms with Gasteiger partial charge in [0, 0.05) is 25.2 Å². The molecule has 1 aliphatic heterocycles. The van der Waals surface area contributed by atoms with Gasteiger partial charge in [-0.3, -0.25) is 14.6 Å². The number of hydrogen-bond donors (Lipinski definition) is 1. The van der Waals surface area contributed by atoms with Crippen molar-refractivity contribution < 1.29 is 9.59 Å². The summed E-state index contributed by atoms with van der Waals surface area (Å²) in [6, 6.07) is 5.62. The molecule has 1 aromatic heterocycles. The summed E-state index contributed by atoms with van der Waals surface area (Å²) < 4.78 is 0. The summed E-state index contributed by atoms with van der Waals surface area (Å²) in [5, 5.41) is 2.94. The van der Waals surface area contributed by atoms with E-state index in [0.29, 0.717) is 13.0 Å². The summed E-state index contributed by atoms with van der Waals surface area (Å²) >= 11 is 0. The molecule has 0 spiro atoms. The van der Waals surface area contributed by atoms with Crippen molar-refractivity contribution in [2.75, 3.05) is 6.54 Å². The maximum absolute atomic E-state index is 12.2. The predicted molar refractivity (Wildman–Crippen MR) is 75.8 cm³/mol. The standard InChI is InChI=1S/C15H21N3O2/c1-10(2)18-9-12(8-14(18)19)15(20)17-11(3)13-6-4-5-7-16-13/h4-7,10-12H,8-9H2,1-3H3,(H,17,20)/t11-,12+/m1/s1. The topological polar surface area (TPSA) is 62.3 Å². The van der Waals surface area contributed by atoms with Crippen LogP contribution in [0.25, 0.3) is 0 Å². The number of aromatic nitrogens is 1. The van der Waals surface area contributed by atoms with Gasteiger partial charge in [0.1, 0.15) is 0 Å². The van der Waals surface area contributed by atoms with Crippen LogP contribution in [0.15, 0.2) is 24.4 Å². The Bertz CT molecular complexity index is 487. The van der Waals surface area contributed by atoms with Crippen molar-refractivity contribution in [2.45, 2.75) is 39.3 Å². The van der Waals surface area contributed by atoms with Crippen LogP contribution in [0.3, 0.4) is 0 Å². The van der Waals surface area contributed by atoms with Gasteiger partial charge in [-0.2, -0.15) is 0 Å². The van der Waals surface area contributed by atoms with E-state index in [2.05, 4.69) is 10.3 Å². The average Bonchev–Trinajstić information content (AvgIpc) is 2.82. The number of hydrogen-bond acceptors (Lipinski definition) is 3. The van der Waals surface area contributed by atoms with Gasteiger partial charge in [-0.1, -0.05) is 6.07 Å². The smallest absolute Gasteiger partial charge is 0.225 e. The molecule has 2 atom stereocenters. The van der Waals surface area contributed by atoms with Crippen LogP contribution in [0.5, 0.6) is 0 Å². The van der Waals surface area contributed by atoms with Gasteiger partial charge in [0.25, 0.3) is 0 Å². The lowest BCUT2D eigenvalue weighted by atomic mass is 10.1. The highest BCUT2D eigenvalue weighted by molar-refractivity contribution is 5.89. The van der Waals surface area contributed by atoms with Gasteiger partial charge in [0.15, 0.2) is 0 Å². The van der Waals surface area contributed by atoms with Crippen LogP contribution in [-0.4, -0.2) is 34.3 Å². The fourth-order valence-electron chi connectivity index (χ4n) is 2.44. The monoisotopic (exact) mass is 275 g/mol. The molecule has 1 saturated heterocycles. The van der Waals surface area contributed by atoms with Crippen molar-refractivity contribution in [1.29, 1.82) is 0 Å². The first-order valence-electron chi connectivity index (χ1n) is 6.99. The highest BCUT2D eigenvalue weighted by Gasteiger charge is 2.35. The molecular weight excluding hydrogens is 254 g/mol. The van der Waals surface area contributed by atoms with Crippen molar-refractivity contribution in [2.24, 2.45) is 5.92 Å². The summed E-state index contributed by atoms with van der Waals surface area (Å²) in [6.45, 7) is 6.35. The lowest BCUT2D eigenvalue weighted by Crippen LogP contribution is -2.36. The molecule has 5 heteroatoms. The number of pyridine rings is 1. The average molecular weight is 275 g/mol. The highest BCUT2D eigenvalue weighted by atomic mass is 16.2. The Labute approximate surface area is 119 Å². The Morgan fingerprint density at radius 1 is 1.40 bits per heavy atom. The molecule has 0 aromatic carbocycles. The highest BCUT2D eigenvalue weighted by Crippen LogP contribution is 2.21. The first-order chi connectivity index (χ1) is 9.49. The zero-order chi connectivity index (χ0) is 14.7. The third kappa shape index (κ3) is 3.15. The molecule has 108 valence electrons. The second-order valence-electron chi connectivity index (χ2n) is 5.53. The largest absolute Gasteiger partial charge is 0.348 e. The summed E-state index contributed by atoms with van der Waals surface area (Å²) in [6.07, 6.45) is 2.01. The Morgan fingerprint density at radius 2 is 2.15 bits per heavy atom. The summed E-state index contributed by atoms with van der Waals surface area (Å²) in [5.74, 6) is -0.263. The molecule has 0 unspecified atom stereocenters. The first-order valence-corrected chi connectivity index (χ1v) is 6.99. The van der Waals surface area contributed by atoms with Gasteiger partial charge in [0.05, 0.1) is 17.7 Å². The van der Waals surface area contributed by atoms with E-state index < -0.39 is 0 Å². The predicted octanol–water partition coefficient (Wildman–Crippen LogP) is 1.52. The quantitative estimate of drug-likeness (QED) is 0.906. The Balaban J connectivity index is 1.95. The number of amides is 2. The van der Waals surface area contributed by atoms with Crippen LogP contribution in [-0.2, 0) is 9.59 Å². The molecule has 1 aliphatic rings. The van der Waals surface area contributed by atoms with Crippen LogP contribution in [0.2, 0.25) is 0 Å². The zero-order valence-electron chi connectivity index (χ0n) is 12.2. The van der Waals surface area contributed by atoms with Crippen molar-refractivity contribution in [3.05, 3.63) is 30.1 Å². The molecule has 0 saturated carbocycles. The van der Waals surface area contributed by atoms with Crippen LogP contribution < -0.4 is 5.32 Å². The second kappa shape index (κ2) is 6.03. The maximum atomic E-state index is 12.2. The molecule has 0 bridgehead atoms. The minimum Gasteiger partial charge on any atom is -0.348 e. The number of nitrogens with one attached hydrogen (secondary N) is 1. The van der Waals surface area contributed by atoms with Crippen molar-refractivity contribution >= 4 is 11.8 Å². The molecule has 2 heterocycles. The number of carbonyl (C=O) groups is 2. The van der Waals surface area contributed by atoms with Crippen LogP contribution in [0.4, 0.5) is 0 Å². The fraction of sp³-hybridized carbons (Fsp3) is 0.533. The normalized spacial score (nSPS) is 20.3. The molecule has 5 nitrogen and oxygen atoms in total. The molecule has 2 rings (SSSR count). The molecule has 1 fully saturated rings. The molecular formula is C15H21N3O2. The molecule has 2 amide bonds. The van der Waals surface area contributed by atoms with Gasteiger partial charge in [-0.05, 0) is 32.9 Å². The minimum atomic E-state index is -0.254. The van der Waals surface area contributed by atoms with E-state index >= 15 is 0 Å². The molecule has 1 N–H and O–H groups in total. The Morgan fingerprint density at radius 3 is 2.70 bits per heavy atom. The van der Waals surface area contributed by atoms with E-state index in [1.165, 1.54) is 0 Å². The number of rotatable bonds is 4. The van der Waals surface area contributed by atoms with Crippen molar-refractivity contribution in [3.63, 3.8) is 0 Å². The van der Waals surface area contributed by atoms with Crippen LogP contribution in [0, 0.1) is 5.92 Å². The Hall–Kier alpha value is -1.91. The number of nitrogens with zero attached hydrogens (tertiary/aromatic N) is 2. The van der Waals surface area contributed by atoms with Gasteiger partial charge in [-0.15, -0.1) is 0 Å². The van der Waals surface area contributed by atoms with E-state index in [-0.39, 0.29) is 29.8 Å². The second-order valence-corrected chi connectivity index (χ2v) is 5.53. The van der Waals surface area contributed by atoms with Gasteiger partial charge in [0.2, 0.25) is 11.8 Å². The van der Waals surface area contributed by atoms with E-state index in [4.69, 9.17) is 0 Å². The van der Waals surface area contributed by atoms with E-state index in [0.717, 1.165) is 5.69 Å². The van der Waals surface area contributed by atoms with E-state index in [9.17, 15) is 9.59 Å². The molecule has 0 radical (unpaired) electrons. The fourth-order valence-corrected chi connectivity index (χ4v) is 2.44. The minimum absolute atomic E-state index is 0.0608. The summed E-state index contributed by atoms with van der Waals surface area (Å²) in [5.41, 5.74) is 0.825. The van der Waals surface area contributed by atoms with Crippen molar-refractivity contribution in [3.8, 4) is 0 Å². The van der Waals surface area contributed by atoms with E-state index in [1.54, 1.807) is 11.1 Å². The van der Waals surface area contributed by atoms with Gasteiger partial charge in [-0.25, -0.2) is 0 Å². The molecule has 20 heavy (non-hydrogen) atoms. The SMILES string of the molecule is CC(C)N1C[C@@H](C(=O)N[C@H](C)c2ccccn2)CC1=O. The molecule has 0 aliphatic carbocycles. The van der Waals surface area contributed by atoms with Crippen molar-refractivity contribution in [1.82, 2.24) is 15.2 Å². The van der Waals surface area contributed by atoms with Crippen LogP contribution >= 0.6 is 0 Å². The lowest BCUT2D eigenvalue weighted by Gasteiger charge is -2.21. The summed E-state index contributed by atoms with van der Waals surface area (Å²) in [4.78, 5) is 30.0. The zero-order valence-corrected chi connectivity index (χ0v) is 12.2. The third-order valence-corrected chi connectivity index (χ3v) is 3.64. The first kappa shape index (κ1) is 14.5. The third-order valence-electron chi connectivity index (χ3n) is 3.64. The maximum Gasteiger partial charge on any atom is 0.225 e. The summed E-state index contributed by atoms with van der Waals surface area (Å²) in [7, 11) is 0. The van der Waals surface area contributed by atoms with Crippen LogP contribution in [0.1, 0.15) is 38.9 Å². The van der Waals surface area contributed by atoms with E-state index in [1.807, 2.05) is 39.0 Å². The number of carbonyl (C=O) groups excluding carboxylic acids is 2. The molecule has 1 aromatic rings. The number of likely N-dealkylation sites (tertiary alicyclic amines) is 1. The Kier molecular flexibility index (Phi) is 4.37. The van der Waals surface area contributed by atoms with Gasteiger partial charge >= 0.3 is 0 Å². The van der Waals surface area contributed by atoms with Gasteiger partial charge < -0.3 is 10.2 Å².